The van der Waals surface area contributed by atoms with Gasteiger partial charge in [0.15, 0.2) is 0 Å². The Morgan fingerprint density at radius 1 is 1.31 bits per heavy atom. The van der Waals surface area contributed by atoms with E-state index in [1.807, 2.05) is 30.5 Å². The van der Waals surface area contributed by atoms with Gasteiger partial charge in [-0.2, -0.15) is 11.8 Å². The predicted molar refractivity (Wildman–Crippen MR) is 104 cm³/mol. The minimum atomic E-state index is -0.821. The van der Waals surface area contributed by atoms with Gasteiger partial charge in [-0.1, -0.05) is 24.3 Å². The number of benzene rings is 1. The van der Waals surface area contributed by atoms with Crippen LogP contribution in [0.15, 0.2) is 24.3 Å². The summed E-state index contributed by atoms with van der Waals surface area (Å²) in [4.78, 5) is 23.2. The molecule has 3 N–H and O–H groups in total. The third kappa shape index (κ3) is 5.74. The Hall–Kier alpha value is -1.53. The molecule has 1 aliphatic rings. The van der Waals surface area contributed by atoms with E-state index < -0.39 is 17.9 Å². The van der Waals surface area contributed by atoms with Crippen molar-refractivity contribution in [2.45, 2.75) is 57.1 Å². The number of thioether (sulfide) groups is 1. The van der Waals surface area contributed by atoms with Crippen molar-refractivity contribution < 1.29 is 19.4 Å². The summed E-state index contributed by atoms with van der Waals surface area (Å²) in [7, 11) is 0. The van der Waals surface area contributed by atoms with Crippen LogP contribution in [0.25, 0.3) is 0 Å². The lowest BCUT2D eigenvalue weighted by Crippen LogP contribution is -2.36. The van der Waals surface area contributed by atoms with E-state index in [0.717, 1.165) is 42.6 Å². The van der Waals surface area contributed by atoms with Gasteiger partial charge in [-0.05, 0) is 68.1 Å². The van der Waals surface area contributed by atoms with E-state index in [4.69, 9.17) is 15.6 Å². The van der Waals surface area contributed by atoms with E-state index in [0.29, 0.717) is 12.3 Å². The fourth-order valence-corrected chi connectivity index (χ4v) is 3.87. The smallest absolute Gasteiger partial charge is 0.323 e. The SMILES string of the molecule is CSCCC(N)C(=O)OC1CCC[C@@H]1Cc1ccc([C@H](C)C(=O)O)cc1. The summed E-state index contributed by atoms with van der Waals surface area (Å²) in [6.07, 6.45) is 6.37. The summed E-state index contributed by atoms with van der Waals surface area (Å²) in [5.74, 6) is -0.466. The molecule has 0 saturated heterocycles. The largest absolute Gasteiger partial charge is 0.481 e. The van der Waals surface area contributed by atoms with Crippen molar-refractivity contribution in [3.63, 3.8) is 0 Å². The van der Waals surface area contributed by atoms with Gasteiger partial charge in [0.25, 0.3) is 0 Å². The number of carbonyl (C=O) groups excluding carboxylic acids is 1. The molecule has 2 unspecified atom stereocenters. The Kier molecular flexibility index (Phi) is 7.97. The van der Waals surface area contributed by atoms with Gasteiger partial charge in [-0.3, -0.25) is 9.59 Å². The molecular weight excluding hydrogens is 350 g/mol. The van der Waals surface area contributed by atoms with Crippen molar-refractivity contribution in [1.82, 2.24) is 0 Å². The van der Waals surface area contributed by atoms with Crippen molar-refractivity contribution in [1.29, 1.82) is 0 Å². The summed E-state index contributed by atoms with van der Waals surface area (Å²) in [5.41, 5.74) is 7.86. The number of hydrogen-bond acceptors (Lipinski definition) is 5. The lowest BCUT2D eigenvalue weighted by molar-refractivity contribution is -0.152. The van der Waals surface area contributed by atoms with Gasteiger partial charge in [-0.15, -0.1) is 0 Å². The highest BCUT2D eigenvalue weighted by Gasteiger charge is 2.31. The number of carboxylic acid groups (broad SMARTS) is 1. The van der Waals surface area contributed by atoms with Gasteiger partial charge in [0.2, 0.25) is 0 Å². The van der Waals surface area contributed by atoms with Crippen molar-refractivity contribution in [3.8, 4) is 0 Å². The van der Waals surface area contributed by atoms with Crippen LogP contribution in [-0.2, 0) is 20.7 Å². The molecule has 0 radical (unpaired) electrons. The van der Waals surface area contributed by atoms with Crippen LogP contribution in [0.3, 0.4) is 0 Å². The summed E-state index contributed by atoms with van der Waals surface area (Å²) in [6, 6.07) is 7.18. The third-order valence-electron chi connectivity index (χ3n) is 5.14. The minimum Gasteiger partial charge on any atom is -0.481 e. The maximum absolute atomic E-state index is 12.2. The molecule has 0 bridgehead atoms. The van der Waals surface area contributed by atoms with Gasteiger partial charge in [0, 0.05) is 0 Å². The molecule has 2 rings (SSSR count). The highest BCUT2D eigenvalue weighted by Crippen LogP contribution is 2.32. The third-order valence-corrected chi connectivity index (χ3v) is 5.78. The molecule has 6 heteroatoms. The molecule has 4 atom stereocenters. The van der Waals surface area contributed by atoms with Crippen LogP contribution in [-0.4, -0.2) is 41.2 Å². The molecule has 26 heavy (non-hydrogen) atoms. The number of esters is 1. The second-order valence-electron chi connectivity index (χ2n) is 7.06. The second-order valence-corrected chi connectivity index (χ2v) is 8.05. The molecule has 1 aliphatic carbocycles. The van der Waals surface area contributed by atoms with Crippen molar-refractivity contribution in [3.05, 3.63) is 35.4 Å². The van der Waals surface area contributed by atoms with Gasteiger partial charge in [0.05, 0.1) is 5.92 Å². The number of carboxylic acids is 1. The van der Waals surface area contributed by atoms with E-state index in [9.17, 15) is 9.59 Å². The highest BCUT2D eigenvalue weighted by atomic mass is 32.2. The first kappa shape index (κ1) is 20.8. The fourth-order valence-electron chi connectivity index (χ4n) is 3.38. The molecule has 0 spiro atoms. The standard InChI is InChI=1S/C20H29NO4S/c1-13(19(22)23)15-8-6-14(7-9-15)12-16-4-3-5-18(16)25-20(24)17(21)10-11-26-2/h6-9,13,16-18H,3-5,10-12,21H2,1-2H3,(H,22,23)/t13-,16+,17?,18?/m0/s1. The van der Waals surface area contributed by atoms with Crippen molar-refractivity contribution >= 4 is 23.7 Å². The van der Waals surface area contributed by atoms with Crippen LogP contribution in [0.5, 0.6) is 0 Å². The monoisotopic (exact) mass is 379 g/mol. The summed E-state index contributed by atoms with van der Waals surface area (Å²) in [5, 5.41) is 9.09. The lowest BCUT2D eigenvalue weighted by atomic mass is 9.93. The molecule has 1 saturated carbocycles. The lowest BCUT2D eigenvalue weighted by Gasteiger charge is -2.22. The van der Waals surface area contributed by atoms with Crippen LogP contribution in [0, 0.1) is 5.92 Å². The second kappa shape index (κ2) is 9.97. The predicted octanol–water partition coefficient (Wildman–Crippen LogP) is 3.21. The maximum Gasteiger partial charge on any atom is 0.323 e. The minimum absolute atomic E-state index is 0.0690. The van der Waals surface area contributed by atoms with E-state index in [1.54, 1.807) is 18.7 Å². The number of aliphatic carboxylic acids is 1. The summed E-state index contributed by atoms with van der Waals surface area (Å²) >= 11 is 1.67. The van der Waals surface area contributed by atoms with E-state index in [2.05, 4.69) is 0 Å². The maximum atomic E-state index is 12.2. The molecule has 1 aromatic rings. The topological polar surface area (TPSA) is 89.6 Å². The molecule has 0 amide bonds. The van der Waals surface area contributed by atoms with Crippen LogP contribution in [0.4, 0.5) is 0 Å². The van der Waals surface area contributed by atoms with Gasteiger partial charge < -0.3 is 15.6 Å². The van der Waals surface area contributed by atoms with Gasteiger partial charge in [-0.25, -0.2) is 0 Å². The zero-order valence-corrected chi connectivity index (χ0v) is 16.3. The average Bonchev–Trinajstić information content (AvgIpc) is 3.06. The first-order valence-electron chi connectivity index (χ1n) is 9.19. The number of nitrogens with two attached hydrogens (primary N) is 1. The van der Waals surface area contributed by atoms with Crippen molar-refractivity contribution in [2.24, 2.45) is 11.7 Å². The van der Waals surface area contributed by atoms with Crippen LogP contribution in [0.1, 0.15) is 49.7 Å². The quantitative estimate of drug-likeness (QED) is 0.641. The van der Waals surface area contributed by atoms with E-state index in [1.165, 1.54) is 0 Å². The normalized spacial score (nSPS) is 22.0. The Balaban J connectivity index is 1.91. The number of hydrogen-bond donors (Lipinski definition) is 2. The zero-order valence-electron chi connectivity index (χ0n) is 15.5. The summed E-state index contributed by atoms with van der Waals surface area (Å²) < 4.78 is 5.70. The van der Waals surface area contributed by atoms with Crippen LogP contribution >= 0.6 is 11.8 Å². The van der Waals surface area contributed by atoms with Crippen LogP contribution in [0.2, 0.25) is 0 Å². The molecule has 0 heterocycles. The molecule has 0 aliphatic heterocycles. The van der Waals surface area contributed by atoms with Gasteiger partial charge in [0.1, 0.15) is 12.1 Å². The van der Waals surface area contributed by atoms with E-state index in [-0.39, 0.29) is 12.1 Å². The fraction of sp³-hybridized carbons (Fsp3) is 0.600. The first-order valence-corrected chi connectivity index (χ1v) is 10.6. The number of carbonyl (C=O) groups is 2. The molecule has 1 aromatic carbocycles. The highest BCUT2D eigenvalue weighted by molar-refractivity contribution is 7.98. The van der Waals surface area contributed by atoms with Crippen molar-refractivity contribution in [2.75, 3.05) is 12.0 Å². The zero-order chi connectivity index (χ0) is 19.1. The Labute approximate surface area is 159 Å². The molecule has 5 nitrogen and oxygen atoms in total. The first-order chi connectivity index (χ1) is 12.4. The van der Waals surface area contributed by atoms with Gasteiger partial charge >= 0.3 is 11.9 Å². The summed E-state index contributed by atoms with van der Waals surface area (Å²) in [6.45, 7) is 1.68. The molecule has 144 valence electrons. The molecule has 1 fully saturated rings. The Bertz CT molecular complexity index is 604. The number of rotatable bonds is 9. The molecule has 0 aromatic heterocycles. The average molecular weight is 380 g/mol. The Morgan fingerprint density at radius 2 is 2.00 bits per heavy atom. The van der Waals surface area contributed by atoms with Crippen LogP contribution < -0.4 is 5.73 Å². The number of ether oxygens (including phenoxy) is 1. The Morgan fingerprint density at radius 3 is 2.62 bits per heavy atom. The molecular formula is C20H29NO4S. The van der Waals surface area contributed by atoms with E-state index >= 15 is 0 Å².